The van der Waals surface area contributed by atoms with Gasteiger partial charge >= 0.3 is 6.18 Å². The summed E-state index contributed by atoms with van der Waals surface area (Å²) < 4.78 is 41.9. The Morgan fingerprint density at radius 2 is 1.92 bits per heavy atom. The summed E-state index contributed by atoms with van der Waals surface area (Å²) in [5, 5.41) is 2.78. The second-order valence-corrected chi connectivity index (χ2v) is 7.09. The van der Waals surface area contributed by atoms with Crippen molar-refractivity contribution < 1.29 is 18.0 Å². The van der Waals surface area contributed by atoms with E-state index >= 15 is 0 Å². The van der Waals surface area contributed by atoms with E-state index in [1.165, 1.54) is 0 Å². The third kappa shape index (κ3) is 3.23. The lowest BCUT2D eigenvalue weighted by molar-refractivity contribution is -0.203. The molecule has 0 spiro atoms. The van der Waals surface area contributed by atoms with Gasteiger partial charge in [-0.05, 0) is 48.2 Å². The van der Waals surface area contributed by atoms with Crippen molar-refractivity contribution in [1.29, 1.82) is 0 Å². The average molecular weight is 350 g/mol. The molecule has 1 heterocycles. The number of nitrogens with zero attached hydrogens (tertiary/aromatic N) is 1. The van der Waals surface area contributed by atoms with Crippen LogP contribution in [0.2, 0.25) is 0 Å². The molecule has 1 N–H and O–H groups in total. The molecule has 2 aromatic rings. The van der Waals surface area contributed by atoms with E-state index in [2.05, 4.69) is 5.43 Å². The fourth-order valence-electron chi connectivity index (χ4n) is 3.57. The summed E-state index contributed by atoms with van der Waals surface area (Å²) in [6.45, 7) is 5.21. The van der Waals surface area contributed by atoms with Gasteiger partial charge in [-0.1, -0.05) is 37.3 Å². The van der Waals surface area contributed by atoms with Crippen molar-refractivity contribution in [2.24, 2.45) is 0 Å². The molecule has 0 bridgehead atoms. The Kier molecular flexibility index (Phi) is 4.27. The van der Waals surface area contributed by atoms with Gasteiger partial charge in [0, 0.05) is 12.0 Å². The van der Waals surface area contributed by atoms with E-state index in [9.17, 15) is 18.0 Å². The summed E-state index contributed by atoms with van der Waals surface area (Å²) >= 11 is 0. The molecule has 3 nitrogen and oxygen atoms in total. The van der Waals surface area contributed by atoms with Gasteiger partial charge in [0.25, 0.3) is 0 Å². The van der Waals surface area contributed by atoms with Crippen molar-refractivity contribution in [2.45, 2.75) is 51.4 Å². The monoisotopic (exact) mass is 350 g/mol. The summed E-state index contributed by atoms with van der Waals surface area (Å²) in [4.78, 5) is 11.7. The Morgan fingerprint density at radius 3 is 2.48 bits per heavy atom. The minimum Gasteiger partial charge on any atom is -0.287 e. The van der Waals surface area contributed by atoms with Gasteiger partial charge in [-0.2, -0.15) is 18.2 Å². The van der Waals surface area contributed by atoms with E-state index in [0.717, 1.165) is 21.3 Å². The zero-order valence-electron chi connectivity index (χ0n) is 14.4. The van der Waals surface area contributed by atoms with Crippen LogP contribution in [0, 0.1) is 0 Å². The summed E-state index contributed by atoms with van der Waals surface area (Å²) in [5.41, 5.74) is 2.51. The lowest BCUT2D eigenvalue weighted by Crippen LogP contribution is -2.51. The molecule has 0 radical (unpaired) electrons. The normalized spacial score (nSPS) is 19.2. The number of hydrogen-bond donors (Lipinski definition) is 1. The number of fused-ring (bicyclic) bond motifs is 1. The van der Waals surface area contributed by atoms with E-state index in [1.54, 1.807) is 26.0 Å². The third-order valence-electron chi connectivity index (χ3n) is 4.73. The molecule has 0 aliphatic carbocycles. The van der Waals surface area contributed by atoms with Crippen molar-refractivity contribution in [2.75, 3.05) is 0 Å². The van der Waals surface area contributed by atoms with E-state index in [4.69, 9.17) is 0 Å². The Labute approximate surface area is 144 Å². The number of benzene rings is 2. The molecular formula is C19H21F3N2O. The van der Waals surface area contributed by atoms with E-state index < -0.39 is 23.7 Å². The SMILES string of the molecule is CCc1cc(C(N2NC(=O)CC2(C)C)C(F)(F)F)cc2ccccc12. The number of carbonyl (C=O) groups excluding carboxylic acids is 1. The second kappa shape index (κ2) is 6.02. The number of nitrogens with one attached hydrogen (secondary N) is 1. The van der Waals surface area contributed by atoms with Crippen LogP contribution in [0.3, 0.4) is 0 Å². The fourth-order valence-corrected chi connectivity index (χ4v) is 3.57. The van der Waals surface area contributed by atoms with Crippen LogP contribution in [0.15, 0.2) is 36.4 Å². The highest BCUT2D eigenvalue weighted by molar-refractivity contribution is 5.86. The molecule has 25 heavy (non-hydrogen) atoms. The van der Waals surface area contributed by atoms with Crippen LogP contribution in [0.1, 0.15) is 44.4 Å². The van der Waals surface area contributed by atoms with Gasteiger partial charge in [0.15, 0.2) is 6.04 Å². The van der Waals surface area contributed by atoms with Crippen LogP contribution < -0.4 is 5.43 Å². The van der Waals surface area contributed by atoms with Crippen LogP contribution in [0.5, 0.6) is 0 Å². The van der Waals surface area contributed by atoms with Gasteiger partial charge in [-0.3, -0.25) is 10.2 Å². The molecule has 1 fully saturated rings. The predicted molar refractivity (Wildman–Crippen MR) is 90.8 cm³/mol. The second-order valence-electron chi connectivity index (χ2n) is 7.09. The van der Waals surface area contributed by atoms with Gasteiger partial charge < -0.3 is 0 Å². The third-order valence-corrected chi connectivity index (χ3v) is 4.73. The van der Waals surface area contributed by atoms with Crippen molar-refractivity contribution in [1.82, 2.24) is 10.4 Å². The minimum atomic E-state index is -4.51. The summed E-state index contributed by atoms with van der Waals surface area (Å²) in [6, 6.07) is 8.74. The zero-order chi connectivity index (χ0) is 18.4. The Morgan fingerprint density at radius 1 is 1.24 bits per heavy atom. The number of carbonyl (C=O) groups is 1. The van der Waals surface area contributed by atoms with Crippen molar-refractivity contribution >= 4 is 16.7 Å². The van der Waals surface area contributed by atoms with Crippen LogP contribution in [-0.2, 0) is 11.2 Å². The number of hydrazine groups is 1. The molecule has 3 rings (SSSR count). The topological polar surface area (TPSA) is 32.3 Å². The smallest absolute Gasteiger partial charge is 0.287 e. The lowest BCUT2D eigenvalue weighted by Gasteiger charge is -2.38. The summed E-state index contributed by atoms with van der Waals surface area (Å²) in [7, 11) is 0. The standard InChI is InChI=1S/C19H21F3N2O/c1-4-12-9-14(10-13-7-5-6-8-15(12)13)17(19(20,21)22)24-18(2,3)11-16(25)23-24/h5-10,17H,4,11H2,1-3H3,(H,23,25). The first-order valence-corrected chi connectivity index (χ1v) is 8.30. The number of halogens is 3. The molecule has 1 saturated heterocycles. The lowest BCUT2D eigenvalue weighted by atomic mass is 9.93. The molecular weight excluding hydrogens is 329 g/mol. The van der Waals surface area contributed by atoms with Crippen molar-refractivity contribution in [3.05, 3.63) is 47.5 Å². The maximum absolute atomic E-state index is 14.0. The quantitative estimate of drug-likeness (QED) is 0.883. The highest BCUT2D eigenvalue weighted by Crippen LogP contribution is 2.43. The summed E-state index contributed by atoms with van der Waals surface area (Å²) in [5.74, 6) is -0.393. The number of amides is 1. The van der Waals surface area contributed by atoms with E-state index in [0.29, 0.717) is 6.42 Å². The molecule has 2 aromatic carbocycles. The Balaban J connectivity index is 2.18. The van der Waals surface area contributed by atoms with Gasteiger partial charge in [-0.25, -0.2) is 0 Å². The first-order valence-electron chi connectivity index (χ1n) is 8.30. The average Bonchev–Trinajstić information content (AvgIpc) is 2.77. The number of rotatable bonds is 3. The molecule has 0 aromatic heterocycles. The summed E-state index contributed by atoms with van der Waals surface area (Å²) in [6.07, 6.45) is -3.84. The van der Waals surface area contributed by atoms with Crippen molar-refractivity contribution in [3.8, 4) is 0 Å². The zero-order valence-corrected chi connectivity index (χ0v) is 14.4. The maximum Gasteiger partial charge on any atom is 0.409 e. The molecule has 6 heteroatoms. The first-order chi connectivity index (χ1) is 11.6. The van der Waals surface area contributed by atoms with Crippen molar-refractivity contribution in [3.63, 3.8) is 0 Å². The van der Waals surface area contributed by atoms with Gasteiger partial charge in [0.2, 0.25) is 5.91 Å². The molecule has 1 atom stereocenters. The highest BCUT2D eigenvalue weighted by atomic mass is 19.4. The van der Waals surface area contributed by atoms with Crippen LogP contribution >= 0.6 is 0 Å². The van der Waals surface area contributed by atoms with Crippen LogP contribution in [-0.4, -0.2) is 22.6 Å². The van der Waals surface area contributed by atoms with E-state index in [1.807, 2.05) is 31.2 Å². The van der Waals surface area contributed by atoms with Gasteiger partial charge in [0.1, 0.15) is 0 Å². The number of aryl methyl sites for hydroxylation is 1. The van der Waals surface area contributed by atoms with Crippen LogP contribution in [0.25, 0.3) is 10.8 Å². The van der Waals surface area contributed by atoms with Gasteiger partial charge in [0.05, 0.1) is 0 Å². The predicted octanol–water partition coefficient (Wildman–Crippen LogP) is 4.52. The Bertz CT molecular complexity index is 814. The molecule has 1 aliphatic heterocycles. The number of hydrogen-bond acceptors (Lipinski definition) is 2. The minimum absolute atomic E-state index is 0.0355. The number of alkyl halides is 3. The molecule has 1 unspecified atom stereocenters. The highest BCUT2D eigenvalue weighted by Gasteiger charge is 2.53. The molecule has 1 aliphatic rings. The largest absolute Gasteiger partial charge is 0.409 e. The first kappa shape index (κ1) is 17.7. The molecule has 0 saturated carbocycles. The van der Waals surface area contributed by atoms with Gasteiger partial charge in [-0.15, -0.1) is 0 Å². The molecule has 1 amide bonds. The van der Waals surface area contributed by atoms with Crippen LogP contribution in [0.4, 0.5) is 13.2 Å². The Hall–Kier alpha value is -2.08. The molecule has 134 valence electrons. The maximum atomic E-state index is 14.0. The fraction of sp³-hybridized carbons (Fsp3) is 0.421. The van der Waals surface area contributed by atoms with E-state index in [-0.39, 0.29) is 12.0 Å².